The predicted octanol–water partition coefficient (Wildman–Crippen LogP) is 0.897. The summed E-state index contributed by atoms with van der Waals surface area (Å²) >= 11 is 0. The Morgan fingerprint density at radius 2 is 2.14 bits per heavy atom. The number of carbonyl (C=O) groups excluding carboxylic acids is 1. The molecule has 9 nitrogen and oxygen atoms in total. The zero-order valence-electron chi connectivity index (χ0n) is 11.9. The number of unbranched alkanes of at least 4 members (excludes halogenated alkanes) is 1. The van der Waals surface area contributed by atoms with Gasteiger partial charge in [-0.25, -0.2) is 0 Å². The van der Waals surface area contributed by atoms with Crippen LogP contribution in [0.3, 0.4) is 0 Å². The highest BCUT2D eigenvalue weighted by molar-refractivity contribution is 5.83. The summed E-state index contributed by atoms with van der Waals surface area (Å²) in [6, 6.07) is 0. The van der Waals surface area contributed by atoms with E-state index in [1.165, 1.54) is 10.9 Å². The zero-order valence-corrected chi connectivity index (χ0v) is 11.9. The van der Waals surface area contributed by atoms with E-state index < -0.39 is 16.4 Å². The molecule has 0 aliphatic carbocycles. The maximum atomic E-state index is 12.1. The van der Waals surface area contributed by atoms with Crippen molar-refractivity contribution in [1.29, 1.82) is 0 Å². The highest BCUT2D eigenvalue weighted by Gasteiger charge is 2.31. The summed E-state index contributed by atoms with van der Waals surface area (Å²) in [4.78, 5) is 32.5. The van der Waals surface area contributed by atoms with Gasteiger partial charge in [-0.05, 0) is 26.7 Å². The van der Waals surface area contributed by atoms with Crippen LogP contribution in [-0.2, 0) is 15.1 Å². The zero-order chi connectivity index (χ0) is 16.0. The van der Waals surface area contributed by atoms with Crippen molar-refractivity contribution in [2.75, 3.05) is 6.54 Å². The molecule has 21 heavy (non-hydrogen) atoms. The number of nitrogens with zero attached hydrogens (tertiary/aromatic N) is 3. The van der Waals surface area contributed by atoms with Crippen LogP contribution < -0.4 is 5.32 Å². The van der Waals surface area contributed by atoms with Crippen molar-refractivity contribution in [1.82, 2.24) is 15.1 Å². The minimum Gasteiger partial charge on any atom is -0.481 e. The Hall–Kier alpha value is -2.45. The molecule has 0 aromatic carbocycles. The van der Waals surface area contributed by atoms with Crippen molar-refractivity contribution in [2.24, 2.45) is 0 Å². The van der Waals surface area contributed by atoms with E-state index in [-0.39, 0.29) is 18.0 Å². The molecule has 116 valence electrons. The normalized spacial score (nSPS) is 11.1. The van der Waals surface area contributed by atoms with Gasteiger partial charge in [-0.15, -0.1) is 0 Å². The number of hydrogen-bond acceptors (Lipinski definition) is 5. The Kier molecular flexibility index (Phi) is 5.39. The summed E-state index contributed by atoms with van der Waals surface area (Å²) < 4.78 is 1.23. The van der Waals surface area contributed by atoms with Crippen LogP contribution in [0.15, 0.2) is 12.4 Å². The SMILES string of the molecule is CC(C)(C(=O)NCCCCC(=O)O)n1cc([N+](=O)[O-])cn1. The second-order valence-electron chi connectivity index (χ2n) is 5.07. The van der Waals surface area contributed by atoms with Crippen LogP contribution in [0.25, 0.3) is 0 Å². The van der Waals surface area contributed by atoms with Gasteiger partial charge in [-0.2, -0.15) is 5.10 Å². The number of carboxylic acids is 1. The van der Waals surface area contributed by atoms with E-state index >= 15 is 0 Å². The van der Waals surface area contributed by atoms with Crippen LogP contribution in [0.5, 0.6) is 0 Å². The lowest BCUT2D eigenvalue weighted by molar-refractivity contribution is -0.385. The topological polar surface area (TPSA) is 127 Å². The van der Waals surface area contributed by atoms with E-state index in [0.29, 0.717) is 19.4 Å². The van der Waals surface area contributed by atoms with E-state index in [9.17, 15) is 19.7 Å². The summed E-state index contributed by atoms with van der Waals surface area (Å²) in [5, 5.41) is 25.6. The monoisotopic (exact) mass is 298 g/mol. The number of hydrogen-bond donors (Lipinski definition) is 2. The van der Waals surface area contributed by atoms with Gasteiger partial charge in [-0.3, -0.25) is 24.4 Å². The van der Waals surface area contributed by atoms with Crippen molar-refractivity contribution >= 4 is 17.6 Å². The summed E-state index contributed by atoms with van der Waals surface area (Å²) in [6.45, 7) is 3.53. The summed E-state index contributed by atoms with van der Waals surface area (Å²) in [7, 11) is 0. The second kappa shape index (κ2) is 6.82. The Morgan fingerprint density at radius 3 is 2.67 bits per heavy atom. The molecule has 0 radical (unpaired) electrons. The molecule has 1 rings (SSSR count). The fourth-order valence-electron chi connectivity index (χ4n) is 1.64. The molecule has 2 N–H and O–H groups in total. The van der Waals surface area contributed by atoms with Gasteiger partial charge in [0.1, 0.15) is 17.9 Å². The molecular formula is C12H18N4O5. The van der Waals surface area contributed by atoms with Gasteiger partial charge < -0.3 is 10.4 Å². The first kappa shape index (κ1) is 16.6. The Labute approximate surface area is 121 Å². The molecule has 0 unspecified atom stereocenters. The van der Waals surface area contributed by atoms with E-state index in [0.717, 1.165) is 6.20 Å². The number of aliphatic carboxylic acids is 1. The largest absolute Gasteiger partial charge is 0.481 e. The van der Waals surface area contributed by atoms with Crippen LogP contribution >= 0.6 is 0 Å². The Balaban J connectivity index is 2.54. The highest BCUT2D eigenvalue weighted by atomic mass is 16.6. The number of rotatable bonds is 8. The third kappa shape index (κ3) is 4.55. The lowest BCUT2D eigenvalue weighted by Gasteiger charge is -2.23. The maximum Gasteiger partial charge on any atom is 0.307 e. The van der Waals surface area contributed by atoms with Gasteiger partial charge in [0, 0.05) is 13.0 Å². The van der Waals surface area contributed by atoms with Gasteiger partial charge in [-0.1, -0.05) is 0 Å². The number of nitrogens with one attached hydrogen (secondary N) is 1. The summed E-state index contributed by atoms with van der Waals surface area (Å²) in [6.07, 6.45) is 3.37. The number of amides is 1. The number of nitro groups is 1. The quantitative estimate of drug-likeness (QED) is 0.417. The first-order valence-electron chi connectivity index (χ1n) is 6.45. The molecule has 0 fully saturated rings. The van der Waals surface area contributed by atoms with Crippen LogP contribution in [0.4, 0.5) is 5.69 Å². The average molecular weight is 298 g/mol. The molecule has 1 amide bonds. The molecule has 0 spiro atoms. The maximum absolute atomic E-state index is 12.1. The van der Waals surface area contributed by atoms with Gasteiger partial charge in [0.2, 0.25) is 5.91 Å². The van der Waals surface area contributed by atoms with E-state index in [2.05, 4.69) is 10.4 Å². The average Bonchev–Trinajstić information content (AvgIpc) is 2.88. The van der Waals surface area contributed by atoms with Gasteiger partial charge in [0.25, 0.3) is 0 Å². The molecule has 9 heteroatoms. The molecule has 0 atom stereocenters. The summed E-state index contributed by atoms with van der Waals surface area (Å²) in [5.74, 6) is -1.21. The molecule has 0 saturated carbocycles. The predicted molar refractivity (Wildman–Crippen MR) is 72.7 cm³/mol. The van der Waals surface area contributed by atoms with Crippen molar-refractivity contribution in [3.8, 4) is 0 Å². The second-order valence-corrected chi connectivity index (χ2v) is 5.07. The van der Waals surface area contributed by atoms with Crippen LogP contribution in [0.1, 0.15) is 33.1 Å². The van der Waals surface area contributed by atoms with Crippen molar-refractivity contribution in [3.63, 3.8) is 0 Å². The van der Waals surface area contributed by atoms with Crippen LogP contribution in [0, 0.1) is 10.1 Å². The van der Waals surface area contributed by atoms with Gasteiger partial charge in [0.05, 0.1) is 4.92 Å². The molecule has 0 saturated heterocycles. The van der Waals surface area contributed by atoms with Crippen LogP contribution in [0.2, 0.25) is 0 Å². The molecule has 1 aromatic rings. The fourth-order valence-corrected chi connectivity index (χ4v) is 1.64. The van der Waals surface area contributed by atoms with Crippen molar-refractivity contribution in [2.45, 2.75) is 38.6 Å². The smallest absolute Gasteiger partial charge is 0.307 e. The van der Waals surface area contributed by atoms with Gasteiger partial charge in [0.15, 0.2) is 0 Å². The lowest BCUT2D eigenvalue weighted by Crippen LogP contribution is -2.45. The fraction of sp³-hybridized carbons (Fsp3) is 0.583. The number of carbonyl (C=O) groups is 2. The number of carboxylic acid groups (broad SMARTS) is 1. The highest BCUT2D eigenvalue weighted by Crippen LogP contribution is 2.18. The van der Waals surface area contributed by atoms with Crippen molar-refractivity contribution < 1.29 is 19.6 Å². The Bertz CT molecular complexity index is 538. The Morgan fingerprint density at radius 1 is 1.48 bits per heavy atom. The van der Waals surface area contributed by atoms with E-state index in [1.54, 1.807) is 13.8 Å². The molecule has 0 bridgehead atoms. The van der Waals surface area contributed by atoms with Crippen molar-refractivity contribution in [3.05, 3.63) is 22.5 Å². The summed E-state index contributed by atoms with van der Waals surface area (Å²) in [5.41, 5.74) is -1.25. The lowest BCUT2D eigenvalue weighted by atomic mass is 10.1. The first-order chi connectivity index (χ1) is 9.75. The molecule has 0 aliphatic heterocycles. The first-order valence-corrected chi connectivity index (χ1v) is 6.45. The minimum atomic E-state index is -1.07. The minimum absolute atomic E-state index is 0.0601. The third-order valence-corrected chi connectivity index (χ3v) is 3.01. The third-order valence-electron chi connectivity index (χ3n) is 3.01. The van der Waals surface area contributed by atoms with E-state index in [4.69, 9.17) is 5.11 Å². The molecule has 0 aliphatic rings. The van der Waals surface area contributed by atoms with E-state index in [1.807, 2.05) is 0 Å². The number of aromatic nitrogens is 2. The van der Waals surface area contributed by atoms with Gasteiger partial charge >= 0.3 is 11.7 Å². The molecule has 1 heterocycles. The van der Waals surface area contributed by atoms with Crippen LogP contribution in [-0.4, -0.2) is 38.2 Å². The molecule has 1 aromatic heterocycles. The standard InChI is InChI=1S/C12H18N4O5/c1-12(2,15-8-9(7-14-15)16(20)21)11(19)13-6-4-3-5-10(17)18/h7-8H,3-6H2,1-2H3,(H,13,19)(H,17,18). The molecular weight excluding hydrogens is 280 g/mol.